The third-order valence-electron chi connectivity index (χ3n) is 2.38. The lowest BCUT2D eigenvalue weighted by atomic mass is 9.83. The quantitative estimate of drug-likeness (QED) is 0.568. The van der Waals surface area contributed by atoms with Crippen LogP contribution in [0.25, 0.3) is 5.57 Å². The normalized spacial score (nSPS) is 13.5. The van der Waals surface area contributed by atoms with E-state index in [2.05, 4.69) is 31.7 Å². The van der Waals surface area contributed by atoms with Gasteiger partial charge in [0.2, 0.25) is 0 Å². The van der Waals surface area contributed by atoms with Gasteiger partial charge in [0.15, 0.2) is 0 Å². The monoisotopic (exact) mass is 144 g/mol. The highest BCUT2D eigenvalue weighted by atomic mass is 14.2. The van der Waals surface area contributed by atoms with E-state index in [9.17, 15) is 0 Å². The van der Waals surface area contributed by atoms with Gasteiger partial charge in [-0.3, -0.25) is 0 Å². The molecule has 0 fully saturated rings. The third kappa shape index (κ3) is 0.900. The molecule has 0 amide bonds. The summed E-state index contributed by atoms with van der Waals surface area (Å²) in [5.74, 6) is 0. The van der Waals surface area contributed by atoms with Crippen LogP contribution in [0, 0.1) is 0 Å². The Morgan fingerprint density at radius 1 is 1.36 bits per heavy atom. The van der Waals surface area contributed by atoms with Crippen LogP contribution in [-0.2, 0) is 12.8 Å². The standard InChI is InChI=1S/C11H12/c1-8(2)10-5-3-4-9-6-7-11(9)10/h3-5H,1,6-7H2,2H3. The summed E-state index contributed by atoms with van der Waals surface area (Å²) in [6.45, 7) is 6.04. The van der Waals surface area contributed by atoms with E-state index < -0.39 is 0 Å². The van der Waals surface area contributed by atoms with E-state index in [1.54, 1.807) is 0 Å². The fourth-order valence-electron chi connectivity index (χ4n) is 1.65. The first-order valence-corrected chi connectivity index (χ1v) is 4.05. The molecule has 0 bridgehead atoms. The molecular formula is C11H12. The highest BCUT2D eigenvalue weighted by Crippen LogP contribution is 2.29. The summed E-state index contributed by atoms with van der Waals surface area (Å²) < 4.78 is 0. The van der Waals surface area contributed by atoms with E-state index >= 15 is 0 Å². The molecule has 0 atom stereocenters. The minimum Gasteiger partial charge on any atom is -0.0955 e. The van der Waals surface area contributed by atoms with Crippen molar-refractivity contribution in [1.29, 1.82) is 0 Å². The fourth-order valence-corrected chi connectivity index (χ4v) is 1.65. The Labute approximate surface area is 67.6 Å². The van der Waals surface area contributed by atoms with Crippen LogP contribution in [0.15, 0.2) is 24.8 Å². The summed E-state index contributed by atoms with van der Waals surface area (Å²) in [5, 5.41) is 0. The largest absolute Gasteiger partial charge is 0.0955 e. The maximum Gasteiger partial charge on any atom is -0.0198 e. The lowest BCUT2D eigenvalue weighted by Crippen LogP contribution is -2.10. The Hall–Kier alpha value is -1.04. The lowest BCUT2D eigenvalue weighted by Gasteiger charge is -2.22. The molecule has 0 nitrogen and oxygen atoms in total. The van der Waals surface area contributed by atoms with Gasteiger partial charge in [-0.2, -0.15) is 0 Å². The molecule has 0 aromatic heterocycles. The van der Waals surface area contributed by atoms with Crippen molar-refractivity contribution in [1.82, 2.24) is 0 Å². The van der Waals surface area contributed by atoms with Crippen LogP contribution in [0.1, 0.15) is 23.6 Å². The van der Waals surface area contributed by atoms with Gasteiger partial charge in [-0.1, -0.05) is 30.4 Å². The van der Waals surface area contributed by atoms with Gasteiger partial charge >= 0.3 is 0 Å². The van der Waals surface area contributed by atoms with Crippen LogP contribution in [0.4, 0.5) is 0 Å². The molecule has 56 valence electrons. The zero-order valence-corrected chi connectivity index (χ0v) is 6.85. The van der Waals surface area contributed by atoms with Crippen molar-refractivity contribution in [2.75, 3.05) is 0 Å². The summed E-state index contributed by atoms with van der Waals surface area (Å²) in [4.78, 5) is 0. The summed E-state index contributed by atoms with van der Waals surface area (Å²) in [5.41, 5.74) is 5.61. The number of hydrogen-bond acceptors (Lipinski definition) is 0. The van der Waals surface area contributed by atoms with Crippen molar-refractivity contribution >= 4 is 5.57 Å². The van der Waals surface area contributed by atoms with E-state index in [1.165, 1.54) is 35.1 Å². The molecular weight excluding hydrogens is 132 g/mol. The van der Waals surface area contributed by atoms with Crippen LogP contribution in [0.5, 0.6) is 0 Å². The van der Waals surface area contributed by atoms with E-state index in [-0.39, 0.29) is 0 Å². The van der Waals surface area contributed by atoms with Crippen molar-refractivity contribution in [3.63, 3.8) is 0 Å². The average molecular weight is 144 g/mol. The van der Waals surface area contributed by atoms with Gasteiger partial charge in [0.05, 0.1) is 0 Å². The summed E-state index contributed by atoms with van der Waals surface area (Å²) in [6, 6.07) is 6.51. The van der Waals surface area contributed by atoms with Gasteiger partial charge < -0.3 is 0 Å². The molecule has 0 radical (unpaired) electrons. The molecule has 2 rings (SSSR count). The first-order chi connectivity index (χ1) is 5.29. The van der Waals surface area contributed by atoms with Crippen LogP contribution >= 0.6 is 0 Å². The minimum absolute atomic E-state index is 1.20. The van der Waals surface area contributed by atoms with Gasteiger partial charge in [0.1, 0.15) is 0 Å². The lowest BCUT2D eigenvalue weighted by molar-refractivity contribution is 0.835. The fraction of sp³-hybridized carbons (Fsp3) is 0.273. The minimum atomic E-state index is 1.20. The van der Waals surface area contributed by atoms with E-state index in [1.807, 2.05) is 0 Å². The van der Waals surface area contributed by atoms with Crippen LogP contribution in [0.2, 0.25) is 0 Å². The molecule has 0 spiro atoms. The first kappa shape index (κ1) is 6.66. The van der Waals surface area contributed by atoms with Gasteiger partial charge in [-0.25, -0.2) is 0 Å². The predicted octanol–water partition coefficient (Wildman–Crippen LogP) is 2.82. The molecule has 1 aliphatic rings. The molecule has 0 saturated heterocycles. The van der Waals surface area contributed by atoms with Crippen molar-refractivity contribution in [3.05, 3.63) is 41.5 Å². The van der Waals surface area contributed by atoms with Gasteiger partial charge in [-0.05, 0) is 36.5 Å². The van der Waals surface area contributed by atoms with Crippen LogP contribution in [-0.4, -0.2) is 0 Å². The second kappa shape index (κ2) is 2.23. The Morgan fingerprint density at radius 2 is 2.18 bits per heavy atom. The number of hydrogen-bond donors (Lipinski definition) is 0. The van der Waals surface area contributed by atoms with Crippen molar-refractivity contribution in [2.45, 2.75) is 19.8 Å². The smallest absolute Gasteiger partial charge is 0.0198 e. The second-order valence-electron chi connectivity index (χ2n) is 3.22. The van der Waals surface area contributed by atoms with Gasteiger partial charge in [-0.15, -0.1) is 0 Å². The van der Waals surface area contributed by atoms with Gasteiger partial charge in [0, 0.05) is 0 Å². The van der Waals surface area contributed by atoms with Crippen LogP contribution in [0.3, 0.4) is 0 Å². The van der Waals surface area contributed by atoms with Crippen molar-refractivity contribution in [3.8, 4) is 0 Å². The number of rotatable bonds is 1. The van der Waals surface area contributed by atoms with E-state index in [4.69, 9.17) is 0 Å². The number of fused-ring (bicyclic) bond motifs is 1. The molecule has 0 unspecified atom stereocenters. The molecule has 0 saturated carbocycles. The first-order valence-electron chi connectivity index (χ1n) is 4.05. The van der Waals surface area contributed by atoms with E-state index in [0.717, 1.165) is 0 Å². The van der Waals surface area contributed by atoms with Crippen molar-refractivity contribution < 1.29 is 0 Å². The molecule has 0 aliphatic heterocycles. The van der Waals surface area contributed by atoms with E-state index in [0.29, 0.717) is 0 Å². The summed E-state index contributed by atoms with van der Waals surface area (Å²) in [7, 11) is 0. The zero-order valence-electron chi connectivity index (χ0n) is 6.85. The third-order valence-corrected chi connectivity index (χ3v) is 2.38. The van der Waals surface area contributed by atoms with Crippen LogP contribution < -0.4 is 0 Å². The molecule has 11 heavy (non-hydrogen) atoms. The number of benzene rings is 1. The summed E-state index contributed by atoms with van der Waals surface area (Å²) >= 11 is 0. The zero-order chi connectivity index (χ0) is 7.84. The predicted molar refractivity (Wildman–Crippen MR) is 48.6 cm³/mol. The Morgan fingerprint density at radius 3 is 2.64 bits per heavy atom. The average Bonchev–Trinajstić information content (AvgIpc) is 1.90. The number of aryl methyl sites for hydroxylation is 1. The molecule has 0 heteroatoms. The number of allylic oxidation sites excluding steroid dienone is 1. The maximum absolute atomic E-state index is 3.96. The Kier molecular flexibility index (Phi) is 1.35. The topological polar surface area (TPSA) is 0 Å². The molecule has 1 aromatic rings. The Balaban J connectivity index is 2.57. The molecule has 0 N–H and O–H groups in total. The molecule has 1 aromatic carbocycles. The molecule has 1 aliphatic carbocycles. The van der Waals surface area contributed by atoms with Crippen molar-refractivity contribution in [2.24, 2.45) is 0 Å². The van der Waals surface area contributed by atoms with Gasteiger partial charge in [0.25, 0.3) is 0 Å². The highest BCUT2D eigenvalue weighted by Gasteiger charge is 2.15. The summed E-state index contributed by atoms with van der Waals surface area (Å²) in [6.07, 6.45) is 2.51. The SMILES string of the molecule is C=C(C)c1cccc2c1CC2. The maximum atomic E-state index is 3.96. The molecule has 0 heterocycles. The highest BCUT2D eigenvalue weighted by molar-refractivity contribution is 5.67. The Bertz CT molecular complexity index is 308. The second-order valence-corrected chi connectivity index (χ2v) is 3.22.